The van der Waals surface area contributed by atoms with E-state index >= 15 is 0 Å². The number of nitro benzene ring substituents is 1. The van der Waals surface area contributed by atoms with E-state index in [1.54, 1.807) is 6.92 Å². The average Bonchev–Trinajstić information content (AvgIpc) is 2.32. The summed E-state index contributed by atoms with van der Waals surface area (Å²) in [7, 11) is 0. The number of amides is 1. The summed E-state index contributed by atoms with van der Waals surface area (Å²) in [4.78, 5) is 21.4. The van der Waals surface area contributed by atoms with Gasteiger partial charge < -0.3 is 10.1 Å². The summed E-state index contributed by atoms with van der Waals surface area (Å²) >= 11 is 0. The number of hydrogen-bond donors (Lipinski definition) is 1. The maximum atomic E-state index is 11.4. The van der Waals surface area contributed by atoms with Crippen LogP contribution in [0.25, 0.3) is 0 Å². The third-order valence-electron chi connectivity index (χ3n) is 2.25. The summed E-state index contributed by atoms with van der Waals surface area (Å²) in [6.45, 7) is 1.74. The zero-order valence-corrected chi connectivity index (χ0v) is 8.60. The summed E-state index contributed by atoms with van der Waals surface area (Å²) in [6, 6.07) is 4.12. The van der Waals surface area contributed by atoms with Crippen LogP contribution >= 0.6 is 0 Å². The highest BCUT2D eigenvalue weighted by molar-refractivity contribution is 5.93. The largest absolute Gasteiger partial charge is 0.488 e. The van der Waals surface area contributed by atoms with E-state index in [4.69, 9.17) is 4.74 Å². The lowest BCUT2D eigenvalue weighted by atomic mass is 10.2. The van der Waals surface area contributed by atoms with Crippen molar-refractivity contribution in [2.24, 2.45) is 0 Å². The van der Waals surface area contributed by atoms with Crippen LogP contribution in [0, 0.1) is 10.1 Å². The first-order valence-corrected chi connectivity index (χ1v) is 4.81. The van der Waals surface area contributed by atoms with E-state index in [2.05, 4.69) is 5.32 Å². The molecule has 84 valence electrons. The van der Waals surface area contributed by atoms with Gasteiger partial charge in [0.15, 0.2) is 0 Å². The number of non-ortho nitro benzene ring substituents is 1. The molecule has 1 unspecified atom stereocenters. The highest BCUT2D eigenvalue weighted by atomic mass is 16.6. The van der Waals surface area contributed by atoms with Crippen LogP contribution in [0.5, 0.6) is 5.75 Å². The van der Waals surface area contributed by atoms with Gasteiger partial charge in [0, 0.05) is 6.07 Å². The van der Waals surface area contributed by atoms with Gasteiger partial charge in [0.1, 0.15) is 11.9 Å². The van der Waals surface area contributed by atoms with Gasteiger partial charge in [0.25, 0.3) is 5.69 Å². The Kier molecular flexibility index (Phi) is 2.47. The van der Waals surface area contributed by atoms with E-state index in [1.165, 1.54) is 18.2 Å². The van der Waals surface area contributed by atoms with Crippen LogP contribution in [0.3, 0.4) is 0 Å². The average molecular weight is 222 g/mol. The van der Waals surface area contributed by atoms with Crippen LogP contribution in [0.1, 0.15) is 13.3 Å². The molecule has 1 N–H and O–H groups in total. The monoisotopic (exact) mass is 222 g/mol. The molecular formula is C10H10N2O4. The van der Waals surface area contributed by atoms with Crippen LogP contribution in [0.4, 0.5) is 11.4 Å². The molecule has 0 radical (unpaired) electrons. The minimum atomic E-state index is -0.499. The summed E-state index contributed by atoms with van der Waals surface area (Å²) in [6.07, 6.45) is -0.0501. The third kappa shape index (κ3) is 1.95. The van der Waals surface area contributed by atoms with E-state index in [0.717, 1.165) is 0 Å². The quantitative estimate of drug-likeness (QED) is 0.579. The molecule has 0 fully saturated rings. The Balaban J connectivity index is 2.42. The molecule has 0 spiro atoms. The molecule has 6 nitrogen and oxygen atoms in total. The van der Waals surface area contributed by atoms with Gasteiger partial charge in [0.2, 0.25) is 5.91 Å². The van der Waals surface area contributed by atoms with Crippen LogP contribution < -0.4 is 10.1 Å². The predicted octanol–water partition coefficient (Wildman–Crippen LogP) is 1.70. The maximum absolute atomic E-state index is 11.4. The lowest BCUT2D eigenvalue weighted by Crippen LogP contribution is -2.17. The fourth-order valence-corrected chi connectivity index (χ4v) is 1.55. The van der Waals surface area contributed by atoms with Gasteiger partial charge >= 0.3 is 0 Å². The number of carbonyl (C=O) groups excluding carboxylic acids is 1. The van der Waals surface area contributed by atoms with Crippen molar-refractivity contribution in [2.45, 2.75) is 19.4 Å². The lowest BCUT2D eigenvalue weighted by Gasteiger charge is -2.10. The maximum Gasteiger partial charge on any atom is 0.273 e. The molecule has 0 aromatic heterocycles. The fraction of sp³-hybridized carbons (Fsp3) is 0.300. The first-order chi connectivity index (χ1) is 7.56. The molecule has 0 aliphatic carbocycles. The zero-order chi connectivity index (χ0) is 11.7. The number of anilines is 1. The molecule has 0 bridgehead atoms. The number of nitrogens with one attached hydrogen (secondary N) is 1. The molecule has 6 heteroatoms. The van der Waals surface area contributed by atoms with E-state index in [9.17, 15) is 14.9 Å². The van der Waals surface area contributed by atoms with Gasteiger partial charge in [-0.05, 0) is 13.0 Å². The SMILES string of the molecule is CC1CC(=O)Nc2ccc([N+](=O)[O-])cc2O1. The number of hydrogen-bond acceptors (Lipinski definition) is 4. The van der Waals surface area contributed by atoms with Gasteiger partial charge in [-0.1, -0.05) is 0 Å². The third-order valence-corrected chi connectivity index (χ3v) is 2.25. The van der Waals surface area contributed by atoms with Gasteiger partial charge in [0.05, 0.1) is 23.1 Å². The van der Waals surface area contributed by atoms with Crippen LogP contribution in [-0.4, -0.2) is 16.9 Å². The van der Waals surface area contributed by atoms with E-state index < -0.39 is 4.92 Å². The first kappa shape index (κ1) is 10.4. The van der Waals surface area contributed by atoms with E-state index in [1.807, 2.05) is 0 Å². The summed E-state index contributed by atoms with van der Waals surface area (Å²) in [5.41, 5.74) is 0.419. The summed E-state index contributed by atoms with van der Waals surface area (Å²) < 4.78 is 5.43. The number of ether oxygens (including phenoxy) is 1. The number of fused-ring (bicyclic) bond motifs is 1. The molecule has 16 heavy (non-hydrogen) atoms. The first-order valence-electron chi connectivity index (χ1n) is 4.81. The second kappa shape index (κ2) is 3.80. The Bertz CT molecular complexity index is 458. The predicted molar refractivity (Wildman–Crippen MR) is 56.4 cm³/mol. The smallest absolute Gasteiger partial charge is 0.273 e. The molecule has 0 saturated heterocycles. The molecule has 0 saturated carbocycles. The second-order valence-electron chi connectivity index (χ2n) is 3.62. The summed E-state index contributed by atoms with van der Waals surface area (Å²) in [5, 5.41) is 13.2. The minimum Gasteiger partial charge on any atom is -0.488 e. The zero-order valence-electron chi connectivity index (χ0n) is 8.60. The second-order valence-corrected chi connectivity index (χ2v) is 3.62. The van der Waals surface area contributed by atoms with Crippen molar-refractivity contribution in [3.8, 4) is 5.75 Å². The Morgan fingerprint density at radius 1 is 1.56 bits per heavy atom. The van der Waals surface area contributed by atoms with E-state index in [-0.39, 0.29) is 24.1 Å². The molecular weight excluding hydrogens is 212 g/mol. The van der Waals surface area contributed by atoms with Gasteiger partial charge in [-0.25, -0.2) is 0 Å². The number of benzene rings is 1. The number of carbonyl (C=O) groups is 1. The molecule has 1 heterocycles. The lowest BCUT2D eigenvalue weighted by molar-refractivity contribution is -0.384. The molecule has 2 rings (SSSR count). The van der Waals surface area contributed by atoms with E-state index in [0.29, 0.717) is 11.4 Å². The minimum absolute atomic E-state index is 0.0536. The Labute approximate surface area is 91.4 Å². The molecule has 1 amide bonds. The standard InChI is InChI=1S/C10H10N2O4/c1-6-4-10(13)11-8-3-2-7(12(14)15)5-9(8)16-6/h2-3,5-6H,4H2,1H3,(H,11,13). The van der Waals surface area contributed by atoms with Crippen molar-refractivity contribution >= 4 is 17.3 Å². The van der Waals surface area contributed by atoms with Crippen LogP contribution in [0.15, 0.2) is 18.2 Å². The van der Waals surface area contributed by atoms with Gasteiger partial charge in [-0.2, -0.15) is 0 Å². The Hall–Kier alpha value is -2.11. The topological polar surface area (TPSA) is 81.5 Å². The molecule has 1 aromatic rings. The van der Waals surface area contributed by atoms with Crippen LogP contribution in [0.2, 0.25) is 0 Å². The molecule has 1 aliphatic rings. The number of nitro groups is 1. The van der Waals surface area contributed by atoms with Crippen molar-refractivity contribution < 1.29 is 14.5 Å². The van der Waals surface area contributed by atoms with Gasteiger partial charge in [-0.3, -0.25) is 14.9 Å². The normalized spacial score (nSPS) is 19.1. The van der Waals surface area contributed by atoms with Crippen molar-refractivity contribution in [3.05, 3.63) is 28.3 Å². The van der Waals surface area contributed by atoms with Gasteiger partial charge in [-0.15, -0.1) is 0 Å². The van der Waals surface area contributed by atoms with Crippen molar-refractivity contribution in [1.82, 2.24) is 0 Å². The van der Waals surface area contributed by atoms with Crippen LogP contribution in [-0.2, 0) is 4.79 Å². The summed E-state index contributed by atoms with van der Waals surface area (Å²) in [5.74, 6) is 0.188. The number of rotatable bonds is 1. The highest BCUT2D eigenvalue weighted by Crippen LogP contribution is 2.32. The highest BCUT2D eigenvalue weighted by Gasteiger charge is 2.21. The number of nitrogens with zero attached hydrogens (tertiary/aromatic N) is 1. The van der Waals surface area contributed by atoms with Crippen molar-refractivity contribution in [3.63, 3.8) is 0 Å². The molecule has 1 atom stereocenters. The molecule has 1 aliphatic heterocycles. The molecule has 1 aromatic carbocycles. The van der Waals surface area contributed by atoms with Crippen molar-refractivity contribution in [1.29, 1.82) is 0 Å². The Morgan fingerprint density at radius 2 is 2.31 bits per heavy atom. The fourth-order valence-electron chi connectivity index (χ4n) is 1.55. The Morgan fingerprint density at radius 3 is 3.00 bits per heavy atom. The van der Waals surface area contributed by atoms with Crippen molar-refractivity contribution in [2.75, 3.05) is 5.32 Å².